The van der Waals surface area contributed by atoms with Crippen LogP contribution in [-0.4, -0.2) is 38.3 Å². The Labute approximate surface area is 121 Å². The van der Waals surface area contributed by atoms with Crippen LogP contribution in [0.15, 0.2) is 18.2 Å². The van der Waals surface area contributed by atoms with Gasteiger partial charge in [0.25, 0.3) is 0 Å². The fourth-order valence-electron chi connectivity index (χ4n) is 3.13. The molecule has 112 valence electrons. The molecule has 2 rings (SSSR count). The molecule has 0 bridgehead atoms. The van der Waals surface area contributed by atoms with Gasteiger partial charge in [-0.15, -0.1) is 0 Å². The van der Waals surface area contributed by atoms with Gasteiger partial charge in [-0.05, 0) is 50.6 Å². The highest BCUT2D eigenvalue weighted by Crippen LogP contribution is 2.37. The number of nitrogens with two attached hydrogens (primary N) is 1. The van der Waals surface area contributed by atoms with Gasteiger partial charge >= 0.3 is 0 Å². The zero-order valence-corrected chi connectivity index (χ0v) is 12.8. The van der Waals surface area contributed by atoms with Gasteiger partial charge in [-0.25, -0.2) is 0 Å². The first-order chi connectivity index (χ1) is 9.71. The average molecular weight is 278 g/mol. The molecule has 20 heavy (non-hydrogen) atoms. The highest BCUT2D eigenvalue weighted by molar-refractivity contribution is 5.43. The lowest BCUT2D eigenvalue weighted by Crippen LogP contribution is -2.46. The van der Waals surface area contributed by atoms with Gasteiger partial charge in [-0.3, -0.25) is 4.90 Å². The zero-order chi connectivity index (χ0) is 14.5. The van der Waals surface area contributed by atoms with Crippen LogP contribution in [0.25, 0.3) is 0 Å². The van der Waals surface area contributed by atoms with Gasteiger partial charge in [0.05, 0.1) is 20.3 Å². The minimum atomic E-state index is 0.149. The number of rotatable bonds is 5. The van der Waals surface area contributed by atoms with Crippen LogP contribution < -0.4 is 15.2 Å². The van der Waals surface area contributed by atoms with E-state index >= 15 is 0 Å². The van der Waals surface area contributed by atoms with Crippen molar-refractivity contribution in [3.05, 3.63) is 23.8 Å². The molecule has 1 aliphatic rings. The normalized spacial score (nSPS) is 23.6. The fourth-order valence-corrected chi connectivity index (χ4v) is 3.13. The van der Waals surface area contributed by atoms with Crippen molar-refractivity contribution < 1.29 is 9.47 Å². The van der Waals surface area contributed by atoms with Crippen LogP contribution >= 0.6 is 0 Å². The molecular weight excluding hydrogens is 252 g/mol. The van der Waals surface area contributed by atoms with Gasteiger partial charge in [0, 0.05) is 11.6 Å². The maximum Gasteiger partial charge on any atom is 0.123 e. The molecule has 0 saturated carbocycles. The molecule has 2 atom stereocenters. The van der Waals surface area contributed by atoms with E-state index in [1.165, 1.54) is 6.42 Å². The summed E-state index contributed by atoms with van der Waals surface area (Å²) in [6, 6.07) is 6.34. The quantitative estimate of drug-likeness (QED) is 0.899. The Bertz CT molecular complexity index is 434. The minimum Gasteiger partial charge on any atom is -0.497 e. The van der Waals surface area contributed by atoms with E-state index in [4.69, 9.17) is 15.2 Å². The Morgan fingerprint density at radius 3 is 2.75 bits per heavy atom. The lowest BCUT2D eigenvalue weighted by Gasteiger charge is -2.40. The summed E-state index contributed by atoms with van der Waals surface area (Å²) in [7, 11) is 3.40. The highest BCUT2D eigenvalue weighted by atomic mass is 16.5. The second-order valence-electron chi connectivity index (χ2n) is 5.39. The van der Waals surface area contributed by atoms with E-state index in [1.807, 2.05) is 12.1 Å². The number of benzene rings is 1. The van der Waals surface area contributed by atoms with Crippen molar-refractivity contribution in [1.29, 1.82) is 0 Å². The predicted octanol–water partition coefficient (Wildman–Crippen LogP) is 2.58. The van der Waals surface area contributed by atoms with E-state index in [2.05, 4.69) is 17.9 Å². The van der Waals surface area contributed by atoms with Gasteiger partial charge in [-0.1, -0.05) is 6.92 Å². The molecule has 1 heterocycles. The summed E-state index contributed by atoms with van der Waals surface area (Å²) < 4.78 is 10.9. The number of ether oxygens (including phenoxy) is 2. The van der Waals surface area contributed by atoms with Gasteiger partial charge in [-0.2, -0.15) is 0 Å². The lowest BCUT2D eigenvalue weighted by molar-refractivity contribution is 0.126. The van der Waals surface area contributed by atoms with Crippen molar-refractivity contribution in [3.63, 3.8) is 0 Å². The molecule has 0 aliphatic carbocycles. The average Bonchev–Trinajstić information content (AvgIpc) is 2.47. The van der Waals surface area contributed by atoms with Crippen LogP contribution in [0.1, 0.15) is 37.8 Å². The van der Waals surface area contributed by atoms with Gasteiger partial charge < -0.3 is 15.2 Å². The van der Waals surface area contributed by atoms with E-state index < -0.39 is 0 Å². The van der Waals surface area contributed by atoms with E-state index in [0.717, 1.165) is 43.0 Å². The molecule has 4 nitrogen and oxygen atoms in total. The standard InChI is InChI=1S/C16H26N2O2/c1-4-9-18-10-5-6-14(17)16(18)13-11-12(19-2)7-8-15(13)20-3/h7-8,11,14,16H,4-6,9-10,17H2,1-3H3. The Balaban J connectivity index is 2.38. The number of methoxy groups -OCH3 is 2. The Hall–Kier alpha value is -1.26. The summed E-state index contributed by atoms with van der Waals surface area (Å²) in [4.78, 5) is 2.48. The first kappa shape index (κ1) is 15.1. The van der Waals surface area contributed by atoms with Crippen LogP contribution in [0, 0.1) is 0 Å². The first-order valence-corrected chi connectivity index (χ1v) is 7.42. The molecule has 0 radical (unpaired) electrons. The molecule has 2 unspecified atom stereocenters. The molecule has 0 spiro atoms. The third-order valence-electron chi connectivity index (χ3n) is 4.05. The minimum absolute atomic E-state index is 0.149. The fraction of sp³-hybridized carbons (Fsp3) is 0.625. The number of hydrogen-bond donors (Lipinski definition) is 1. The number of nitrogens with zero attached hydrogens (tertiary/aromatic N) is 1. The second-order valence-corrected chi connectivity index (χ2v) is 5.39. The van der Waals surface area contributed by atoms with Crippen molar-refractivity contribution in [2.45, 2.75) is 38.3 Å². The summed E-state index contributed by atoms with van der Waals surface area (Å²) in [5.41, 5.74) is 7.55. The summed E-state index contributed by atoms with van der Waals surface area (Å²) in [6.45, 7) is 4.38. The van der Waals surface area contributed by atoms with Crippen molar-refractivity contribution in [3.8, 4) is 11.5 Å². The van der Waals surface area contributed by atoms with Gasteiger partial charge in [0.2, 0.25) is 0 Å². The highest BCUT2D eigenvalue weighted by Gasteiger charge is 2.32. The molecule has 1 fully saturated rings. The summed E-state index contributed by atoms with van der Waals surface area (Å²) >= 11 is 0. The van der Waals surface area contributed by atoms with Gasteiger partial charge in [0.15, 0.2) is 0 Å². The lowest BCUT2D eigenvalue weighted by atomic mass is 9.90. The predicted molar refractivity (Wildman–Crippen MR) is 81.4 cm³/mol. The topological polar surface area (TPSA) is 47.7 Å². The van der Waals surface area contributed by atoms with E-state index in [-0.39, 0.29) is 12.1 Å². The Morgan fingerprint density at radius 1 is 1.30 bits per heavy atom. The van der Waals surface area contributed by atoms with Crippen molar-refractivity contribution >= 4 is 0 Å². The third kappa shape index (κ3) is 3.07. The monoisotopic (exact) mass is 278 g/mol. The zero-order valence-electron chi connectivity index (χ0n) is 12.8. The van der Waals surface area contributed by atoms with Crippen LogP contribution in [-0.2, 0) is 0 Å². The van der Waals surface area contributed by atoms with Crippen molar-refractivity contribution in [2.75, 3.05) is 27.3 Å². The van der Waals surface area contributed by atoms with Crippen molar-refractivity contribution in [2.24, 2.45) is 5.73 Å². The summed E-state index contributed by atoms with van der Waals surface area (Å²) in [6.07, 6.45) is 3.37. The van der Waals surface area contributed by atoms with E-state index in [0.29, 0.717) is 0 Å². The van der Waals surface area contributed by atoms with Gasteiger partial charge in [0.1, 0.15) is 11.5 Å². The second kappa shape index (κ2) is 6.95. The number of piperidine rings is 1. The van der Waals surface area contributed by atoms with Crippen LogP contribution in [0.2, 0.25) is 0 Å². The smallest absolute Gasteiger partial charge is 0.123 e. The third-order valence-corrected chi connectivity index (χ3v) is 4.05. The van der Waals surface area contributed by atoms with Crippen molar-refractivity contribution in [1.82, 2.24) is 4.90 Å². The number of likely N-dealkylation sites (tertiary alicyclic amines) is 1. The molecule has 1 saturated heterocycles. The summed E-state index contributed by atoms with van der Waals surface area (Å²) in [5.74, 6) is 1.75. The summed E-state index contributed by atoms with van der Waals surface area (Å²) in [5, 5.41) is 0. The van der Waals surface area contributed by atoms with Crippen LogP contribution in [0.4, 0.5) is 0 Å². The molecule has 1 aromatic carbocycles. The Morgan fingerprint density at radius 2 is 2.10 bits per heavy atom. The first-order valence-electron chi connectivity index (χ1n) is 7.42. The molecule has 1 aliphatic heterocycles. The SMILES string of the molecule is CCCN1CCCC(N)C1c1cc(OC)ccc1OC. The molecule has 0 amide bonds. The largest absolute Gasteiger partial charge is 0.497 e. The van der Waals surface area contributed by atoms with Crippen LogP contribution in [0.5, 0.6) is 11.5 Å². The maximum absolute atomic E-state index is 6.41. The molecule has 4 heteroatoms. The maximum atomic E-state index is 6.41. The Kier molecular flexibility index (Phi) is 5.26. The molecular formula is C16H26N2O2. The van der Waals surface area contributed by atoms with E-state index in [9.17, 15) is 0 Å². The number of hydrogen-bond acceptors (Lipinski definition) is 4. The van der Waals surface area contributed by atoms with Crippen LogP contribution in [0.3, 0.4) is 0 Å². The molecule has 2 N–H and O–H groups in total. The van der Waals surface area contributed by atoms with E-state index in [1.54, 1.807) is 14.2 Å². The molecule has 0 aromatic heterocycles. The molecule has 1 aromatic rings.